The number of aromatic nitrogens is 3. The predicted octanol–water partition coefficient (Wildman–Crippen LogP) is 1.28. The lowest BCUT2D eigenvalue weighted by atomic mass is 10.1. The van der Waals surface area contributed by atoms with Crippen LogP contribution in [0.2, 0.25) is 0 Å². The minimum absolute atomic E-state index is 0.204. The van der Waals surface area contributed by atoms with E-state index >= 15 is 0 Å². The maximum absolute atomic E-state index is 9.12. The van der Waals surface area contributed by atoms with Crippen LogP contribution in [0, 0.1) is 0 Å². The first-order chi connectivity index (χ1) is 9.83. The summed E-state index contributed by atoms with van der Waals surface area (Å²) < 4.78 is 0. The first kappa shape index (κ1) is 13.1. The second-order valence-electron chi connectivity index (χ2n) is 4.93. The highest BCUT2D eigenvalue weighted by Gasteiger charge is 2.21. The highest BCUT2D eigenvalue weighted by atomic mass is 16.3. The van der Waals surface area contributed by atoms with E-state index in [0.29, 0.717) is 6.04 Å². The molecule has 0 aromatic carbocycles. The van der Waals surface area contributed by atoms with E-state index in [1.54, 1.807) is 6.33 Å². The molecule has 0 spiro atoms. The smallest absolute Gasteiger partial charge is 0.141 e. The fraction of sp³-hybridized carbons (Fsp3) is 0.429. The Morgan fingerprint density at radius 3 is 3.15 bits per heavy atom. The molecule has 20 heavy (non-hydrogen) atoms. The van der Waals surface area contributed by atoms with Gasteiger partial charge in [-0.1, -0.05) is 6.92 Å². The van der Waals surface area contributed by atoms with Gasteiger partial charge in [-0.2, -0.15) is 0 Å². The quantitative estimate of drug-likeness (QED) is 0.765. The Balaban J connectivity index is 1.89. The van der Waals surface area contributed by atoms with E-state index in [9.17, 15) is 0 Å². The Bertz CT molecular complexity index is 621. The van der Waals surface area contributed by atoms with Crippen molar-refractivity contribution in [2.45, 2.75) is 25.8 Å². The lowest BCUT2D eigenvalue weighted by Gasteiger charge is -2.26. The normalized spacial score (nSPS) is 16.7. The summed E-state index contributed by atoms with van der Waals surface area (Å²) in [5.41, 5.74) is 6.32. The summed E-state index contributed by atoms with van der Waals surface area (Å²) in [6, 6.07) is 2.31. The van der Waals surface area contributed by atoms with Crippen LogP contribution in [0.1, 0.15) is 25.5 Å². The van der Waals surface area contributed by atoms with Crippen molar-refractivity contribution in [2.24, 2.45) is 0 Å². The summed E-state index contributed by atoms with van der Waals surface area (Å²) in [5, 5.41) is 12.3. The molecule has 0 amide bonds. The Hall–Kier alpha value is -1.92. The topological polar surface area (TPSA) is 77.1 Å². The van der Waals surface area contributed by atoms with Crippen molar-refractivity contribution in [1.29, 1.82) is 0 Å². The first-order valence-corrected chi connectivity index (χ1v) is 6.95. The Kier molecular flexibility index (Phi) is 3.66. The number of hydrogen-bond acceptors (Lipinski definition) is 5. The number of aromatic amines is 1. The van der Waals surface area contributed by atoms with Gasteiger partial charge < -0.3 is 15.1 Å². The van der Waals surface area contributed by atoms with Gasteiger partial charge in [0.1, 0.15) is 12.0 Å². The molecular weight excluding hydrogens is 254 g/mol. The summed E-state index contributed by atoms with van der Waals surface area (Å²) in [6.45, 7) is 3.08. The molecule has 6 heteroatoms. The Morgan fingerprint density at radius 1 is 1.45 bits per heavy atom. The molecule has 6 nitrogen and oxygen atoms in total. The third kappa shape index (κ3) is 2.28. The molecule has 3 N–H and O–H groups in total. The largest absolute Gasteiger partial charge is 0.396 e. The molecule has 3 rings (SSSR count). The fourth-order valence-electron chi connectivity index (χ4n) is 2.63. The lowest BCUT2D eigenvalue weighted by molar-refractivity contribution is 0.168. The maximum Gasteiger partial charge on any atom is 0.141 e. The molecule has 1 unspecified atom stereocenters. The number of nitrogens with zero attached hydrogens (tertiary/aromatic N) is 3. The predicted molar refractivity (Wildman–Crippen MR) is 77.5 cm³/mol. The molecule has 2 aromatic heterocycles. The molecule has 0 bridgehead atoms. The number of hydrogen-bond donors (Lipinski definition) is 3. The third-order valence-corrected chi connectivity index (χ3v) is 3.73. The molecule has 1 aliphatic heterocycles. The minimum Gasteiger partial charge on any atom is -0.396 e. The van der Waals surface area contributed by atoms with Crippen molar-refractivity contribution >= 4 is 16.6 Å². The molecule has 1 atom stereocenters. The second-order valence-corrected chi connectivity index (χ2v) is 4.93. The van der Waals surface area contributed by atoms with Gasteiger partial charge in [0.25, 0.3) is 0 Å². The van der Waals surface area contributed by atoms with Gasteiger partial charge in [0.2, 0.25) is 0 Å². The van der Waals surface area contributed by atoms with E-state index in [-0.39, 0.29) is 6.61 Å². The van der Waals surface area contributed by atoms with Gasteiger partial charge in [0.15, 0.2) is 0 Å². The fourth-order valence-corrected chi connectivity index (χ4v) is 2.63. The van der Waals surface area contributed by atoms with Crippen molar-refractivity contribution in [3.8, 4) is 0 Å². The number of aliphatic hydroxyl groups excluding tert-OH is 1. The average molecular weight is 273 g/mol. The summed E-state index contributed by atoms with van der Waals surface area (Å²) in [6.07, 6.45) is 7.31. The van der Waals surface area contributed by atoms with Gasteiger partial charge in [-0.15, -0.1) is 0 Å². The molecule has 1 aliphatic rings. The van der Waals surface area contributed by atoms with Gasteiger partial charge in [-0.25, -0.2) is 15.4 Å². The van der Waals surface area contributed by atoms with Crippen LogP contribution in [0.15, 0.2) is 24.8 Å². The van der Waals surface area contributed by atoms with Gasteiger partial charge in [0.05, 0.1) is 5.69 Å². The van der Waals surface area contributed by atoms with E-state index in [1.165, 1.54) is 0 Å². The highest BCUT2D eigenvalue weighted by molar-refractivity contribution is 5.88. The van der Waals surface area contributed by atoms with E-state index in [1.807, 2.05) is 12.3 Å². The summed E-state index contributed by atoms with van der Waals surface area (Å²) in [7, 11) is 0. The van der Waals surface area contributed by atoms with E-state index < -0.39 is 0 Å². The van der Waals surface area contributed by atoms with E-state index in [0.717, 1.165) is 41.7 Å². The molecule has 2 aromatic rings. The summed E-state index contributed by atoms with van der Waals surface area (Å²) >= 11 is 0. The molecule has 0 saturated heterocycles. The van der Waals surface area contributed by atoms with Crippen LogP contribution >= 0.6 is 0 Å². The van der Waals surface area contributed by atoms with E-state index in [4.69, 9.17) is 5.11 Å². The third-order valence-electron chi connectivity index (χ3n) is 3.73. The number of nitrogens with one attached hydrogen (secondary N) is 2. The Morgan fingerprint density at radius 2 is 2.35 bits per heavy atom. The van der Waals surface area contributed by atoms with Crippen molar-refractivity contribution in [1.82, 2.24) is 25.4 Å². The molecule has 106 valence electrons. The average Bonchev–Trinajstić information content (AvgIpc) is 3.12. The number of rotatable bonds is 5. The van der Waals surface area contributed by atoms with Gasteiger partial charge >= 0.3 is 0 Å². The zero-order chi connectivity index (χ0) is 13.9. The van der Waals surface area contributed by atoms with Crippen LogP contribution in [0.3, 0.4) is 0 Å². The van der Waals surface area contributed by atoms with Gasteiger partial charge in [-0.3, -0.25) is 0 Å². The first-order valence-electron chi connectivity index (χ1n) is 6.95. The van der Waals surface area contributed by atoms with Crippen LogP contribution < -0.4 is 5.43 Å². The zero-order valence-electron chi connectivity index (χ0n) is 11.5. The van der Waals surface area contributed by atoms with Crippen molar-refractivity contribution in [2.75, 3.05) is 13.2 Å². The SMILES string of the molecule is CCC(CCO)N1C=C(c2ncnc3[nH]ccc23)CN1. The zero-order valence-corrected chi connectivity index (χ0v) is 11.5. The van der Waals surface area contributed by atoms with Crippen LogP contribution in [0.4, 0.5) is 0 Å². The summed E-state index contributed by atoms with van der Waals surface area (Å²) in [4.78, 5) is 11.7. The van der Waals surface area contributed by atoms with Crippen LogP contribution in [0.25, 0.3) is 16.6 Å². The van der Waals surface area contributed by atoms with Gasteiger partial charge in [0, 0.05) is 42.5 Å². The molecule has 0 fully saturated rings. The monoisotopic (exact) mass is 273 g/mol. The van der Waals surface area contributed by atoms with Crippen LogP contribution in [0.5, 0.6) is 0 Å². The molecule has 0 aliphatic carbocycles. The molecule has 3 heterocycles. The van der Waals surface area contributed by atoms with E-state index in [2.05, 4.69) is 38.5 Å². The van der Waals surface area contributed by atoms with Gasteiger partial charge in [-0.05, 0) is 18.9 Å². The molecule has 0 radical (unpaired) electrons. The van der Waals surface area contributed by atoms with Crippen molar-refractivity contribution in [3.05, 3.63) is 30.5 Å². The minimum atomic E-state index is 0.204. The number of fused-ring (bicyclic) bond motifs is 1. The highest BCUT2D eigenvalue weighted by Crippen LogP contribution is 2.24. The number of H-pyrrole nitrogens is 1. The standard InChI is InChI=1S/C14H19N5O/c1-2-11(4-6-20)19-8-10(7-18-19)13-12-3-5-15-14(12)17-9-16-13/h3,5,8-9,11,18,20H,2,4,6-7H2,1H3,(H,15,16,17). The Labute approximate surface area is 117 Å². The number of aliphatic hydroxyl groups is 1. The molecule has 0 saturated carbocycles. The van der Waals surface area contributed by atoms with Crippen molar-refractivity contribution in [3.63, 3.8) is 0 Å². The van der Waals surface area contributed by atoms with Crippen LogP contribution in [-0.2, 0) is 0 Å². The van der Waals surface area contributed by atoms with Crippen molar-refractivity contribution < 1.29 is 5.11 Å². The molecular formula is C14H19N5O. The van der Waals surface area contributed by atoms with Crippen LogP contribution in [-0.4, -0.2) is 44.3 Å². The lowest BCUT2D eigenvalue weighted by Crippen LogP contribution is -2.38. The number of hydrazine groups is 1. The second kappa shape index (κ2) is 5.60. The maximum atomic E-state index is 9.12. The summed E-state index contributed by atoms with van der Waals surface area (Å²) in [5.74, 6) is 0.